The van der Waals surface area contributed by atoms with Gasteiger partial charge in [-0.25, -0.2) is 4.98 Å². The molecule has 8 nitrogen and oxygen atoms in total. The number of hydrogen-bond acceptors (Lipinski definition) is 5. The van der Waals surface area contributed by atoms with Crippen molar-refractivity contribution in [2.45, 2.75) is 13.0 Å². The van der Waals surface area contributed by atoms with Crippen molar-refractivity contribution in [2.24, 2.45) is 0 Å². The maximum absolute atomic E-state index is 12.5. The van der Waals surface area contributed by atoms with Gasteiger partial charge >= 0.3 is 11.8 Å². The number of hydrogen-bond donors (Lipinski definition) is 2. The van der Waals surface area contributed by atoms with Crippen molar-refractivity contribution in [1.29, 1.82) is 0 Å². The van der Waals surface area contributed by atoms with Gasteiger partial charge in [0.25, 0.3) is 5.56 Å². The maximum Gasteiger partial charge on any atom is 0.313 e. The number of carbonyl (C=O) groups is 2. The molecule has 0 unspecified atom stereocenters. The molecule has 0 spiro atoms. The van der Waals surface area contributed by atoms with Crippen LogP contribution in [0.1, 0.15) is 11.3 Å². The highest BCUT2D eigenvalue weighted by molar-refractivity contribution is 6.39. The van der Waals surface area contributed by atoms with Crippen LogP contribution in [0.4, 0.5) is 5.69 Å². The highest BCUT2D eigenvalue weighted by atomic mass is 16.2. The predicted molar refractivity (Wildman–Crippen MR) is 102 cm³/mol. The SMILES string of the molecule is O=C(Nc1ccccc1)C(=O)N1CCc2c(nc(-c3cccnc3)[nH]c2=O)C1. The van der Waals surface area contributed by atoms with Gasteiger partial charge in [-0.1, -0.05) is 18.2 Å². The number of H-pyrrole nitrogens is 1. The largest absolute Gasteiger partial charge is 0.328 e. The number of aromatic nitrogens is 3. The van der Waals surface area contributed by atoms with Gasteiger partial charge in [-0.2, -0.15) is 0 Å². The highest BCUT2D eigenvalue weighted by Crippen LogP contribution is 2.18. The molecule has 2 amide bonds. The van der Waals surface area contributed by atoms with Gasteiger partial charge in [0.05, 0.1) is 12.2 Å². The number of pyridine rings is 1. The highest BCUT2D eigenvalue weighted by Gasteiger charge is 2.28. The number of nitrogens with one attached hydrogen (secondary N) is 2. The Labute approximate surface area is 160 Å². The number of aromatic amines is 1. The monoisotopic (exact) mass is 375 g/mol. The van der Waals surface area contributed by atoms with E-state index < -0.39 is 11.8 Å². The molecule has 0 atom stereocenters. The van der Waals surface area contributed by atoms with Gasteiger partial charge in [0.15, 0.2) is 0 Å². The number of benzene rings is 1. The number of carbonyl (C=O) groups excluding carboxylic acids is 2. The molecule has 0 aliphatic carbocycles. The van der Waals surface area contributed by atoms with E-state index in [9.17, 15) is 14.4 Å². The summed E-state index contributed by atoms with van der Waals surface area (Å²) in [6.45, 7) is 0.388. The zero-order chi connectivity index (χ0) is 19.5. The molecule has 0 radical (unpaired) electrons. The van der Waals surface area contributed by atoms with Crippen molar-refractivity contribution < 1.29 is 9.59 Å². The lowest BCUT2D eigenvalue weighted by atomic mass is 10.1. The van der Waals surface area contributed by atoms with E-state index in [-0.39, 0.29) is 18.6 Å². The molecule has 3 aromatic rings. The van der Waals surface area contributed by atoms with E-state index in [1.165, 1.54) is 4.90 Å². The summed E-state index contributed by atoms with van der Waals surface area (Å²) in [6, 6.07) is 12.3. The number of para-hydroxylation sites is 1. The van der Waals surface area contributed by atoms with Gasteiger partial charge in [-0.15, -0.1) is 0 Å². The van der Waals surface area contributed by atoms with Crippen LogP contribution in [0.2, 0.25) is 0 Å². The van der Waals surface area contributed by atoms with E-state index in [4.69, 9.17) is 0 Å². The molecule has 8 heteroatoms. The lowest BCUT2D eigenvalue weighted by molar-refractivity contribution is -0.143. The average Bonchev–Trinajstić information content (AvgIpc) is 2.74. The Hall–Kier alpha value is -3.81. The predicted octanol–water partition coefficient (Wildman–Crippen LogP) is 1.36. The Morgan fingerprint density at radius 3 is 2.68 bits per heavy atom. The Morgan fingerprint density at radius 2 is 1.93 bits per heavy atom. The summed E-state index contributed by atoms with van der Waals surface area (Å²) >= 11 is 0. The Kier molecular flexibility index (Phi) is 4.67. The van der Waals surface area contributed by atoms with Gasteiger partial charge in [0, 0.05) is 35.8 Å². The molecular weight excluding hydrogens is 358 g/mol. The van der Waals surface area contributed by atoms with Gasteiger partial charge in [0.2, 0.25) is 0 Å². The standard InChI is InChI=1S/C20H17N5O3/c26-18-15-8-10-25(20(28)19(27)22-14-6-2-1-3-7-14)12-16(15)23-17(24-18)13-5-4-9-21-11-13/h1-7,9,11H,8,10,12H2,(H,22,27)(H,23,24,26). The van der Waals surface area contributed by atoms with E-state index >= 15 is 0 Å². The molecule has 0 bridgehead atoms. The second-order valence-corrected chi connectivity index (χ2v) is 6.38. The fourth-order valence-corrected chi connectivity index (χ4v) is 3.10. The van der Waals surface area contributed by atoms with Crippen LogP contribution in [-0.4, -0.2) is 38.2 Å². The molecule has 0 fully saturated rings. The third-order valence-electron chi connectivity index (χ3n) is 4.52. The van der Waals surface area contributed by atoms with Crippen LogP contribution in [0, 0.1) is 0 Å². The summed E-state index contributed by atoms with van der Waals surface area (Å²) in [5, 5.41) is 2.58. The lowest BCUT2D eigenvalue weighted by Crippen LogP contribution is -2.44. The fourth-order valence-electron chi connectivity index (χ4n) is 3.10. The molecule has 1 aliphatic heterocycles. The molecular formula is C20H17N5O3. The first-order valence-electron chi connectivity index (χ1n) is 8.79. The van der Waals surface area contributed by atoms with Crippen molar-refractivity contribution in [3.05, 3.63) is 76.5 Å². The Bertz CT molecular complexity index is 1080. The van der Waals surface area contributed by atoms with E-state index in [2.05, 4.69) is 20.3 Å². The van der Waals surface area contributed by atoms with E-state index in [0.717, 1.165) is 0 Å². The molecule has 3 heterocycles. The van der Waals surface area contributed by atoms with Gasteiger partial charge < -0.3 is 15.2 Å². The van der Waals surface area contributed by atoms with Crippen LogP contribution < -0.4 is 10.9 Å². The minimum Gasteiger partial charge on any atom is -0.328 e. The average molecular weight is 375 g/mol. The van der Waals surface area contributed by atoms with E-state index in [1.54, 1.807) is 48.8 Å². The zero-order valence-electron chi connectivity index (χ0n) is 14.9. The topological polar surface area (TPSA) is 108 Å². The second kappa shape index (κ2) is 7.43. The number of nitrogens with zero attached hydrogens (tertiary/aromatic N) is 3. The maximum atomic E-state index is 12.5. The minimum atomic E-state index is -0.716. The summed E-state index contributed by atoms with van der Waals surface area (Å²) < 4.78 is 0. The summed E-state index contributed by atoms with van der Waals surface area (Å²) in [6.07, 6.45) is 3.57. The first kappa shape index (κ1) is 17.6. The first-order chi connectivity index (χ1) is 13.6. The van der Waals surface area contributed by atoms with Crippen LogP contribution in [0.15, 0.2) is 59.7 Å². The minimum absolute atomic E-state index is 0.105. The molecule has 0 saturated carbocycles. The number of amides is 2. The van der Waals surface area contributed by atoms with Crippen molar-refractivity contribution >= 4 is 17.5 Å². The third-order valence-corrected chi connectivity index (χ3v) is 4.52. The normalized spacial score (nSPS) is 12.9. The molecule has 1 aliphatic rings. The van der Waals surface area contributed by atoms with Gasteiger partial charge in [-0.3, -0.25) is 19.4 Å². The quantitative estimate of drug-likeness (QED) is 0.658. The molecule has 4 rings (SSSR count). The second-order valence-electron chi connectivity index (χ2n) is 6.38. The molecule has 140 valence electrons. The van der Waals surface area contributed by atoms with E-state index in [1.807, 2.05) is 6.07 Å². The van der Waals surface area contributed by atoms with Crippen LogP contribution in [0.5, 0.6) is 0 Å². The molecule has 28 heavy (non-hydrogen) atoms. The van der Waals surface area contributed by atoms with Crippen LogP contribution in [0.25, 0.3) is 11.4 Å². The molecule has 1 aromatic carbocycles. The van der Waals surface area contributed by atoms with Crippen LogP contribution >= 0.6 is 0 Å². The van der Waals surface area contributed by atoms with Crippen LogP contribution in [0.3, 0.4) is 0 Å². The summed E-state index contributed by atoms with van der Waals surface area (Å²) in [7, 11) is 0. The zero-order valence-corrected chi connectivity index (χ0v) is 14.9. The molecule has 2 aromatic heterocycles. The molecule has 0 saturated heterocycles. The Morgan fingerprint density at radius 1 is 1.11 bits per heavy atom. The Balaban J connectivity index is 1.55. The van der Waals surface area contributed by atoms with E-state index in [0.29, 0.717) is 34.8 Å². The number of fused-ring (bicyclic) bond motifs is 1. The number of anilines is 1. The van der Waals surface area contributed by atoms with Gasteiger partial charge in [-0.05, 0) is 30.7 Å². The smallest absolute Gasteiger partial charge is 0.313 e. The third kappa shape index (κ3) is 3.52. The fraction of sp³-hybridized carbons (Fsp3) is 0.150. The van der Waals surface area contributed by atoms with Crippen molar-refractivity contribution in [1.82, 2.24) is 19.9 Å². The lowest BCUT2D eigenvalue weighted by Gasteiger charge is -2.27. The summed E-state index contributed by atoms with van der Waals surface area (Å²) in [4.78, 5) is 49.9. The van der Waals surface area contributed by atoms with Crippen molar-refractivity contribution in [3.8, 4) is 11.4 Å². The summed E-state index contributed by atoms with van der Waals surface area (Å²) in [5.41, 5.74) is 2.03. The first-order valence-corrected chi connectivity index (χ1v) is 8.79. The molecule has 2 N–H and O–H groups in total. The number of rotatable bonds is 2. The van der Waals surface area contributed by atoms with Crippen molar-refractivity contribution in [3.63, 3.8) is 0 Å². The van der Waals surface area contributed by atoms with Crippen LogP contribution in [-0.2, 0) is 22.6 Å². The van der Waals surface area contributed by atoms with Gasteiger partial charge in [0.1, 0.15) is 5.82 Å². The van der Waals surface area contributed by atoms with Crippen molar-refractivity contribution in [2.75, 3.05) is 11.9 Å². The summed E-state index contributed by atoms with van der Waals surface area (Å²) in [5.74, 6) is -0.980.